The fourth-order valence-electron chi connectivity index (χ4n) is 3.14. The average Bonchev–Trinajstić information content (AvgIpc) is 3.04. The van der Waals surface area contributed by atoms with Crippen molar-refractivity contribution in [3.05, 3.63) is 22.4 Å². The van der Waals surface area contributed by atoms with Crippen LogP contribution in [-0.2, 0) is 4.74 Å². The third-order valence-electron chi connectivity index (χ3n) is 4.51. The molecular weight excluding hydrogens is 284 g/mol. The Labute approximate surface area is 130 Å². The molecular formula is C16H24N2O2S. The van der Waals surface area contributed by atoms with Gasteiger partial charge >= 0.3 is 0 Å². The SMILES string of the molecule is CN1CCC(OC2CCN(C(=O)c3cccs3)CC2)CC1. The summed E-state index contributed by atoms with van der Waals surface area (Å²) < 4.78 is 6.24. The fraction of sp³-hybridized carbons (Fsp3) is 0.688. The molecule has 1 amide bonds. The van der Waals surface area contributed by atoms with E-state index in [1.807, 2.05) is 22.4 Å². The van der Waals surface area contributed by atoms with Gasteiger partial charge in [0.2, 0.25) is 0 Å². The lowest BCUT2D eigenvalue weighted by Crippen LogP contribution is -2.43. The number of thiophene rings is 1. The number of carbonyl (C=O) groups is 1. The van der Waals surface area contributed by atoms with Crippen LogP contribution in [0.15, 0.2) is 17.5 Å². The van der Waals surface area contributed by atoms with Crippen LogP contribution in [0.1, 0.15) is 35.4 Å². The lowest BCUT2D eigenvalue weighted by Gasteiger charge is -2.36. The van der Waals surface area contributed by atoms with E-state index >= 15 is 0 Å². The van der Waals surface area contributed by atoms with Crippen molar-refractivity contribution >= 4 is 17.2 Å². The minimum absolute atomic E-state index is 0.183. The zero-order valence-electron chi connectivity index (χ0n) is 12.7. The second-order valence-electron chi connectivity index (χ2n) is 6.11. The van der Waals surface area contributed by atoms with E-state index in [2.05, 4.69) is 11.9 Å². The topological polar surface area (TPSA) is 32.8 Å². The number of likely N-dealkylation sites (tertiary alicyclic amines) is 2. The number of nitrogens with zero attached hydrogens (tertiary/aromatic N) is 2. The van der Waals surface area contributed by atoms with Crippen LogP contribution >= 0.6 is 11.3 Å². The Kier molecular flexibility index (Phi) is 4.93. The van der Waals surface area contributed by atoms with Gasteiger partial charge in [-0.3, -0.25) is 4.79 Å². The van der Waals surface area contributed by atoms with E-state index in [1.165, 1.54) is 11.3 Å². The van der Waals surface area contributed by atoms with Gasteiger partial charge in [0.05, 0.1) is 17.1 Å². The summed E-state index contributed by atoms with van der Waals surface area (Å²) in [6, 6.07) is 3.85. The third kappa shape index (κ3) is 3.84. The van der Waals surface area contributed by atoms with E-state index in [1.54, 1.807) is 0 Å². The molecule has 2 aliphatic heterocycles. The molecule has 1 aromatic rings. The van der Waals surface area contributed by atoms with E-state index < -0.39 is 0 Å². The van der Waals surface area contributed by atoms with Crippen molar-refractivity contribution in [1.29, 1.82) is 0 Å². The summed E-state index contributed by atoms with van der Waals surface area (Å²) in [6.45, 7) is 3.93. The van der Waals surface area contributed by atoms with Gasteiger partial charge in [0, 0.05) is 26.2 Å². The fourth-order valence-corrected chi connectivity index (χ4v) is 3.83. The molecule has 0 atom stereocenters. The summed E-state index contributed by atoms with van der Waals surface area (Å²) in [7, 11) is 2.17. The molecule has 0 bridgehead atoms. The zero-order valence-corrected chi connectivity index (χ0v) is 13.5. The van der Waals surface area contributed by atoms with E-state index in [0.29, 0.717) is 12.2 Å². The molecule has 0 saturated carbocycles. The monoisotopic (exact) mass is 308 g/mol. The molecule has 0 aliphatic carbocycles. The minimum atomic E-state index is 0.183. The molecule has 116 valence electrons. The van der Waals surface area contributed by atoms with Gasteiger partial charge in [-0.05, 0) is 44.2 Å². The van der Waals surface area contributed by atoms with Crippen LogP contribution in [0.3, 0.4) is 0 Å². The van der Waals surface area contributed by atoms with Crippen LogP contribution in [0, 0.1) is 0 Å². The minimum Gasteiger partial charge on any atom is -0.375 e. The van der Waals surface area contributed by atoms with Crippen LogP contribution in [0.25, 0.3) is 0 Å². The van der Waals surface area contributed by atoms with Crippen molar-refractivity contribution in [2.75, 3.05) is 33.2 Å². The van der Waals surface area contributed by atoms with Crippen molar-refractivity contribution in [2.24, 2.45) is 0 Å². The highest BCUT2D eigenvalue weighted by Gasteiger charge is 2.27. The molecule has 0 aromatic carbocycles. The molecule has 1 aromatic heterocycles. The zero-order chi connectivity index (χ0) is 14.7. The number of hydrogen-bond acceptors (Lipinski definition) is 4. The summed E-state index contributed by atoms with van der Waals surface area (Å²) in [5.41, 5.74) is 0. The molecule has 0 N–H and O–H groups in total. The van der Waals surface area contributed by atoms with Crippen LogP contribution in [0.4, 0.5) is 0 Å². The summed E-state index contributed by atoms with van der Waals surface area (Å²) in [4.78, 5) is 17.5. The first-order chi connectivity index (χ1) is 10.2. The van der Waals surface area contributed by atoms with Gasteiger partial charge in [-0.15, -0.1) is 11.3 Å². The van der Waals surface area contributed by atoms with Gasteiger partial charge in [-0.25, -0.2) is 0 Å². The Morgan fingerprint density at radius 3 is 2.33 bits per heavy atom. The predicted octanol–water partition coefficient (Wildman–Crippen LogP) is 2.46. The molecule has 5 heteroatoms. The van der Waals surface area contributed by atoms with Crippen LogP contribution in [-0.4, -0.2) is 61.1 Å². The first-order valence-corrected chi connectivity index (χ1v) is 8.77. The van der Waals surface area contributed by atoms with E-state index in [-0.39, 0.29) is 5.91 Å². The third-order valence-corrected chi connectivity index (χ3v) is 5.37. The van der Waals surface area contributed by atoms with E-state index in [4.69, 9.17) is 4.74 Å². The van der Waals surface area contributed by atoms with Crippen LogP contribution < -0.4 is 0 Å². The van der Waals surface area contributed by atoms with Crippen molar-refractivity contribution in [3.8, 4) is 0 Å². The first-order valence-electron chi connectivity index (χ1n) is 7.89. The molecule has 4 nitrogen and oxygen atoms in total. The van der Waals surface area contributed by atoms with E-state index in [9.17, 15) is 4.79 Å². The highest BCUT2D eigenvalue weighted by Crippen LogP contribution is 2.22. The average molecular weight is 308 g/mol. The maximum absolute atomic E-state index is 12.3. The molecule has 0 radical (unpaired) electrons. The van der Waals surface area contributed by atoms with Crippen molar-refractivity contribution < 1.29 is 9.53 Å². The molecule has 21 heavy (non-hydrogen) atoms. The summed E-state index contributed by atoms with van der Waals surface area (Å²) in [6.07, 6.45) is 5.00. The smallest absolute Gasteiger partial charge is 0.263 e. The number of amides is 1. The maximum Gasteiger partial charge on any atom is 0.263 e. The molecule has 0 unspecified atom stereocenters. The Balaban J connectivity index is 1.44. The maximum atomic E-state index is 12.3. The highest BCUT2D eigenvalue weighted by molar-refractivity contribution is 7.12. The van der Waals surface area contributed by atoms with Gasteiger partial charge in [-0.2, -0.15) is 0 Å². The second-order valence-corrected chi connectivity index (χ2v) is 7.06. The standard InChI is InChI=1S/C16H24N2O2S/c1-17-8-4-13(5-9-17)20-14-6-10-18(11-7-14)16(19)15-3-2-12-21-15/h2-3,12-14H,4-11H2,1H3. The molecule has 3 rings (SSSR count). The molecule has 2 aliphatic rings. The Morgan fingerprint density at radius 2 is 1.76 bits per heavy atom. The van der Waals surface area contributed by atoms with Crippen LogP contribution in [0.2, 0.25) is 0 Å². The predicted molar refractivity (Wildman–Crippen MR) is 84.8 cm³/mol. The number of piperidine rings is 2. The van der Waals surface area contributed by atoms with Gasteiger partial charge in [0.15, 0.2) is 0 Å². The normalized spacial score (nSPS) is 22.6. The first kappa shape index (κ1) is 15.0. The van der Waals surface area contributed by atoms with Gasteiger partial charge in [-0.1, -0.05) is 6.07 Å². The molecule has 0 spiro atoms. The summed E-state index contributed by atoms with van der Waals surface area (Å²) in [5, 5.41) is 1.96. The second kappa shape index (κ2) is 6.90. The molecule has 3 heterocycles. The lowest BCUT2D eigenvalue weighted by molar-refractivity contribution is -0.0599. The number of rotatable bonds is 3. The number of ether oxygens (including phenoxy) is 1. The Bertz CT molecular complexity index is 447. The Morgan fingerprint density at radius 1 is 1.14 bits per heavy atom. The van der Waals surface area contributed by atoms with Gasteiger partial charge < -0.3 is 14.5 Å². The highest BCUT2D eigenvalue weighted by atomic mass is 32.1. The quantitative estimate of drug-likeness (QED) is 0.860. The van der Waals surface area contributed by atoms with Crippen molar-refractivity contribution in [2.45, 2.75) is 37.9 Å². The lowest BCUT2D eigenvalue weighted by atomic mass is 10.0. The summed E-state index contributed by atoms with van der Waals surface area (Å²) >= 11 is 1.53. The van der Waals surface area contributed by atoms with Crippen molar-refractivity contribution in [1.82, 2.24) is 9.80 Å². The Hall–Kier alpha value is -0.910. The van der Waals surface area contributed by atoms with Crippen LogP contribution in [0.5, 0.6) is 0 Å². The van der Waals surface area contributed by atoms with Gasteiger partial charge in [0.25, 0.3) is 5.91 Å². The molecule has 2 fully saturated rings. The molecule has 2 saturated heterocycles. The largest absolute Gasteiger partial charge is 0.375 e. The number of hydrogen-bond donors (Lipinski definition) is 0. The summed E-state index contributed by atoms with van der Waals surface area (Å²) in [5.74, 6) is 0.183. The number of carbonyl (C=O) groups excluding carboxylic acids is 1. The van der Waals surface area contributed by atoms with Gasteiger partial charge in [0.1, 0.15) is 0 Å². The van der Waals surface area contributed by atoms with Crippen molar-refractivity contribution in [3.63, 3.8) is 0 Å². The van der Waals surface area contributed by atoms with E-state index in [0.717, 1.165) is 56.7 Å².